The van der Waals surface area contributed by atoms with Crippen LogP contribution < -0.4 is 5.32 Å². The van der Waals surface area contributed by atoms with E-state index in [9.17, 15) is 4.79 Å². The van der Waals surface area contributed by atoms with Crippen molar-refractivity contribution < 1.29 is 4.79 Å². The number of hydrogen-bond donors (Lipinski definition) is 1. The van der Waals surface area contributed by atoms with Crippen LogP contribution in [0, 0.1) is 18.8 Å². The predicted octanol–water partition coefficient (Wildman–Crippen LogP) is 5.03. The van der Waals surface area contributed by atoms with Crippen LogP contribution in [0.4, 0.5) is 5.95 Å². The molecular formula is C23H29N5O. The van der Waals surface area contributed by atoms with Crippen LogP contribution in [0.25, 0.3) is 17.0 Å². The minimum Gasteiger partial charge on any atom is -0.298 e. The SMILES string of the molecule is CCCCC1CCC(C(=O)Nc2nccc(-c3c(C)nc4ccccn34)n2)CC1. The van der Waals surface area contributed by atoms with Gasteiger partial charge < -0.3 is 0 Å². The van der Waals surface area contributed by atoms with Crippen molar-refractivity contribution in [1.82, 2.24) is 19.4 Å². The maximum Gasteiger partial charge on any atom is 0.229 e. The zero-order chi connectivity index (χ0) is 20.2. The normalized spacial score (nSPS) is 19.4. The highest BCUT2D eigenvalue weighted by Gasteiger charge is 2.26. The van der Waals surface area contributed by atoms with Gasteiger partial charge in [0.15, 0.2) is 0 Å². The summed E-state index contributed by atoms with van der Waals surface area (Å²) in [6.07, 6.45) is 11.8. The number of nitrogens with zero attached hydrogens (tertiary/aromatic N) is 4. The van der Waals surface area contributed by atoms with Crippen molar-refractivity contribution in [1.29, 1.82) is 0 Å². The van der Waals surface area contributed by atoms with E-state index in [1.165, 1.54) is 19.3 Å². The highest BCUT2D eigenvalue weighted by atomic mass is 16.2. The molecule has 3 heterocycles. The molecule has 1 saturated carbocycles. The van der Waals surface area contributed by atoms with Gasteiger partial charge in [0.2, 0.25) is 11.9 Å². The van der Waals surface area contributed by atoms with Gasteiger partial charge in [-0.1, -0.05) is 32.3 Å². The lowest BCUT2D eigenvalue weighted by molar-refractivity contribution is -0.121. The van der Waals surface area contributed by atoms with Gasteiger partial charge in [0.25, 0.3) is 0 Å². The Hall–Kier alpha value is -2.76. The van der Waals surface area contributed by atoms with Crippen LogP contribution in [-0.4, -0.2) is 25.3 Å². The van der Waals surface area contributed by atoms with Crippen LogP contribution in [0.15, 0.2) is 36.7 Å². The Morgan fingerprint density at radius 2 is 2.00 bits per heavy atom. The summed E-state index contributed by atoms with van der Waals surface area (Å²) in [5.74, 6) is 1.27. The molecule has 1 fully saturated rings. The van der Waals surface area contributed by atoms with Crippen molar-refractivity contribution in [2.24, 2.45) is 11.8 Å². The summed E-state index contributed by atoms with van der Waals surface area (Å²) in [5.41, 5.74) is 3.46. The number of anilines is 1. The van der Waals surface area contributed by atoms with E-state index in [1.807, 2.05) is 41.8 Å². The quantitative estimate of drug-likeness (QED) is 0.639. The number of imidazole rings is 1. The molecule has 1 aliphatic carbocycles. The van der Waals surface area contributed by atoms with Gasteiger partial charge in [-0.3, -0.25) is 14.5 Å². The van der Waals surface area contributed by atoms with E-state index in [2.05, 4.69) is 27.2 Å². The number of carbonyl (C=O) groups excluding carboxylic acids is 1. The highest BCUT2D eigenvalue weighted by Crippen LogP contribution is 2.32. The first-order valence-corrected chi connectivity index (χ1v) is 10.7. The number of unbranched alkanes of at least 4 members (excludes halogenated alkanes) is 1. The smallest absolute Gasteiger partial charge is 0.229 e. The van der Waals surface area contributed by atoms with Gasteiger partial charge in [0.1, 0.15) is 5.65 Å². The molecule has 0 saturated heterocycles. The minimum absolute atomic E-state index is 0.0472. The Bertz CT molecular complexity index is 988. The van der Waals surface area contributed by atoms with Crippen LogP contribution in [0.3, 0.4) is 0 Å². The van der Waals surface area contributed by atoms with E-state index in [-0.39, 0.29) is 11.8 Å². The first-order chi connectivity index (χ1) is 14.2. The molecule has 4 rings (SSSR count). The molecule has 0 aromatic carbocycles. The number of carbonyl (C=O) groups is 1. The molecule has 29 heavy (non-hydrogen) atoms. The number of hydrogen-bond acceptors (Lipinski definition) is 4. The molecule has 3 aromatic heterocycles. The van der Waals surface area contributed by atoms with Gasteiger partial charge in [-0.15, -0.1) is 0 Å². The molecule has 0 unspecified atom stereocenters. The number of pyridine rings is 1. The van der Waals surface area contributed by atoms with Crippen molar-refractivity contribution in [2.45, 2.75) is 58.8 Å². The predicted molar refractivity (Wildman–Crippen MR) is 115 cm³/mol. The lowest BCUT2D eigenvalue weighted by Crippen LogP contribution is -2.28. The molecule has 1 N–H and O–H groups in total. The molecular weight excluding hydrogens is 362 g/mol. The largest absolute Gasteiger partial charge is 0.298 e. The van der Waals surface area contributed by atoms with Crippen molar-refractivity contribution >= 4 is 17.5 Å². The fourth-order valence-electron chi connectivity index (χ4n) is 4.39. The number of aryl methyl sites for hydroxylation is 1. The average Bonchev–Trinajstić information content (AvgIpc) is 3.08. The Morgan fingerprint density at radius 1 is 1.17 bits per heavy atom. The number of rotatable bonds is 6. The number of amides is 1. The van der Waals surface area contributed by atoms with Gasteiger partial charge in [-0.2, -0.15) is 0 Å². The summed E-state index contributed by atoms with van der Waals surface area (Å²) < 4.78 is 2.01. The number of nitrogens with one attached hydrogen (secondary N) is 1. The van der Waals surface area contributed by atoms with Crippen molar-refractivity contribution in [2.75, 3.05) is 5.32 Å². The Kier molecular flexibility index (Phi) is 5.88. The second-order valence-corrected chi connectivity index (χ2v) is 8.09. The molecule has 0 radical (unpaired) electrons. The zero-order valence-electron chi connectivity index (χ0n) is 17.3. The minimum atomic E-state index is 0.0472. The monoisotopic (exact) mass is 391 g/mol. The third-order valence-electron chi connectivity index (χ3n) is 6.02. The molecule has 152 valence electrons. The van der Waals surface area contributed by atoms with Crippen LogP contribution in [-0.2, 0) is 4.79 Å². The van der Waals surface area contributed by atoms with Crippen molar-refractivity contribution in [3.05, 3.63) is 42.4 Å². The van der Waals surface area contributed by atoms with E-state index < -0.39 is 0 Å². The number of aromatic nitrogens is 4. The van der Waals surface area contributed by atoms with E-state index in [0.29, 0.717) is 5.95 Å². The topological polar surface area (TPSA) is 72.2 Å². The van der Waals surface area contributed by atoms with Gasteiger partial charge in [0.05, 0.1) is 17.1 Å². The maximum absolute atomic E-state index is 12.8. The molecule has 3 aromatic rings. The molecule has 1 aliphatic rings. The molecule has 6 heteroatoms. The van der Waals surface area contributed by atoms with Crippen LogP contribution >= 0.6 is 0 Å². The zero-order valence-corrected chi connectivity index (χ0v) is 17.3. The fourth-order valence-corrected chi connectivity index (χ4v) is 4.39. The van der Waals surface area contributed by atoms with Crippen LogP contribution in [0.5, 0.6) is 0 Å². The lowest BCUT2D eigenvalue weighted by atomic mass is 9.79. The summed E-state index contributed by atoms with van der Waals surface area (Å²) in [5, 5.41) is 2.95. The standard InChI is InChI=1S/C23H29N5O/c1-3-4-7-17-9-11-18(12-10-17)22(29)27-23-24-14-13-19(26-23)21-16(2)25-20-8-5-6-15-28(20)21/h5-6,8,13-15,17-18H,3-4,7,9-12H2,1-2H3,(H,24,26,27,29). The van der Waals surface area contributed by atoms with Gasteiger partial charge >= 0.3 is 0 Å². The van der Waals surface area contributed by atoms with Gasteiger partial charge in [-0.25, -0.2) is 15.0 Å². The van der Waals surface area contributed by atoms with Crippen LogP contribution in [0.2, 0.25) is 0 Å². The summed E-state index contributed by atoms with van der Waals surface area (Å²) in [6, 6.07) is 7.77. The molecule has 0 aliphatic heterocycles. The van der Waals surface area contributed by atoms with E-state index in [0.717, 1.165) is 54.3 Å². The Balaban J connectivity index is 1.46. The van der Waals surface area contributed by atoms with Gasteiger partial charge in [-0.05, 0) is 56.7 Å². The number of fused-ring (bicyclic) bond motifs is 1. The molecule has 0 atom stereocenters. The van der Waals surface area contributed by atoms with E-state index in [1.54, 1.807) is 6.20 Å². The van der Waals surface area contributed by atoms with Crippen LogP contribution in [0.1, 0.15) is 57.6 Å². The first-order valence-electron chi connectivity index (χ1n) is 10.7. The third kappa shape index (κ3) is 4.31. The lowest BCUT2D eigenvalue weighted by Gasteiger charge is -2.27. The second kappa shape index (κ2) is 8.72. The maximum atomic E-state index is 12.8. The van der Waals surface area contributed by atoms with Crippen molar-refractivity contribution in [3.63, 3.8) is 0 Å². The van der Waals surface area contributed by atoms with Gasteiger partial charge in [0, 0.05) is 18.3 Å². The summed E-state index contributed by atoms with van der Waals surface area (Å²) >= 11 is 0. The highest BCUT2D eigenvalue weighted by molar-refractivity contribution is 5.91. The summed E-state index contributed by atoms with van der Waals surface area (Å²) in [4.78, 5) is 26.2. The molecule has 6 nitrogen and oxygen atoms in total. The Labute approximate surface area is 171 Å². The summed E-state index contributed by atoms with van der Waals surface area (Å²) in [6.45, 7) is 4.21. The molecule has 0 spiro atoms. The Morgan fingerprint density at radius 3 is 2.79 bits per heavy atom. The molecule has 1 amide bonds. The van der Waals surface area contributed by atoms with E-state index >= 15 is 0 Å². The third-order valence-corrected chi connectivity index (χ3v) is 6.02. The first kappa shape index (κ1) is 19.6. The fraction of sp³-hybridized carbons (Fsp3) is 0.478. The van der Waals surface area contributed by atoms with E-state index in [4.69, 9.17) is 0 Å². The average molecular weight is 392 g/mol. The summed E-state index contributed by atoms with van der Waals surface area (Å²) in [7, 11) is 0. The van der Waals surface area contributed by atoms with Crippen molar-refractivity contribution in [3.8, 4) is 11.4 Å². The second-order valence-electron chi connectivity index (χ2n) is 8.09. The molecule has 0 bridgehead atoms.